The van der Waals surface area contributed by atoms with Gasteiger partial charge in [-0.2, -0.15) is 0 Å². The molecule has 31 heavy (non-hydrogen) atoms. The first-order chi connectivity index (χ1) is 15.0. The Morgan fingerprint density at radius 3 is 2.58 bits per heavy atom. The quantitative estimate of drug-likeness (QED) is 0.426. The number of halogens is 1. The van der Waals surface area contributed by atoms with Crippen LogP contribution >= 0.6 is 0 Å². The third kappa shape index (κ3) is 3.57. The van der Waals surface area contributed by atoms with E-state index in [0.29, 0.717) is 17.8 Å². The van der Waals surface area contributed by atoms with Crippen LogP contribution in [0.25, 0.3) is 27.8 Å². The summed E-state index contributed by atoms with van der Waals surface area (Å²) in [6, 6.07) is 18.1. The Bertz CT molecular complexity index is 1480. The molecule has 3 aromatic heterocycles. The van der Waals surface area contributed by atoms with E-state index < -0.39 is 0 Å². The first kappa shape index (κ1) is 19.1. The lowest BCUT2D eigenvalue weighted by atomic mass is 10.1. The van der Waals surface area contributed by atoms with Gasteiger partial charge in [0.25, 0.3) is 5.56 Å². The van der Waals surface area contributed by atoms with Crippen molar-refractivity contribution < 1.29 is 4.39 Å². The number of aromatic nitrogens is 3. The molecular weight excluding hydrogens is 391 g/mol. The molecule has 0 aliphatic rings. The van der Waals surface area contributed by atoms with Gasteiger partial charge in [0.2, 0.25) is 0 Å². The third-order valence-electron chi connectivity index (χ3n) is 5.39. The number of fused-ring (bicyclic) bond motifs is 2. The number of imidazole rings is 1. The van der Waals surface area contributed by atoms with Crippen LogP contribution in [0.15, 0.2) is 71.7 Å². The molecule has 0 bridgehead atoms. The van der Waals surface area contributed by atoms with Crippen LogP contribution in [-0.4, -0.2) is 14.4 Å². The highest BCUT2D eigenvalue weighted by atomic mass is 19.1. The van der Waals surface area contributed by atoms with Gasteiger partial charge in [-0.1, -0.05) is 29.8 Å². The monoisotopic (exact) mass is 412 g/mol. The van der Waals surface area contributed by atoms with Crippen molar-refractivity contribution in [3.05, 3.63) is 99.7 Å². The molecule has 154 valence electrons. The number of aryl methyl sites for hydroxylation is 2. The largest absolute Gasteiger partial charge is 0.365 e. The van der Waals surface area contributed by atoms with Gasteiger partial charge in [-0.05, 0) is 66.8 Å². The maximum atomic E-state index is 13.3. The van der Waals surface area contributed by atoms with E-state index in [1.54, 1.807) is 12.1 Å². The van der Waals surface area contributed by atoms with E-state index in [9.17, 15) is 9.18 Å². The fraction of sp³-hybridized carbons (Fsp3) is 0.120. The van der Waals surface area contributed by atoms with Crippen molar-refractivity contribution in [2.75, 3.05) is 5.32 Å². The minimum atomic E-state index is -0.271. The highest BCUT2D eigenvalue weighted by Gasteiger charge is 2.18. The Morgan fingerprint density at radius 1 is 1.00 bits per heavy atom. The predicted molar refractivity (Wildman–Crippen MR) is 122 cm³/mol. The molecule has 0 aliphatic heterocycles. The van der Waals surface area contributed by atoms with Crippen LogP contribution in [0.3, 0.4) is 0 Å². The van der Waals surface area contributed by atoms with E-state index in [1.165, 1.54) is 12.1 Å². The van der Waals surface area contributed by atoms with E-state index in [1.807, 2.05) is 60.8 Å². The minimum Gasteiger partial charge on any atom is -0.365 e. The lowest BCUT2D eigenvalue weighted by Crippen LogP contribution is -2.11. The molecule has 0 spiro atoms. The van der Waals surface area contributed by atoms with Gasteiger partial charge in [0, 0.05) is 18.3 Å². The summed E-state index contributed by atoms with van der Waals surface area (Å²) in [5.41, 5.74) is 5.54. The van der Waals surface area contributed by atoms with E-state index in [0.717, 1.165) is 39.1 Å². The highest BCUT2D eigenvalue weighted by Crippen LogP contribution is 2.29. The average molecular weight is 412 g/mol. The number of aromatic amines is 1. The molecule has 0 fully saturated rings. The summed E-state index contributed by atoms with van der Waals surface area (Å²) in [6.07, 6.45) is 1.98. The standard InChI is InChI=1S/C25H21FN4O/c1-15-3-9-21-18(11-15)12-20(25(31)28-21)23-24(27-13-17-5-7-19(26)8-6-17)30-14-16(2)4-10-22(30)29-23/h3-12,14,27H,13H2,1-2H3,(H,28,31). The fourth-order valence-electron chi connectivity index (χ4n) is 3.80. The number of hydrogen-bond acceptors (Lipinski definition) is 3. The Kier molecular flexibility index (Phi) is 4.55. The van der Waals surface area contributed by atoms with Crippen LogP contribution in [0.5, 0.6) is 0 Å². The van der Waals surface area contributed by atoms with Crippen molar-refractivity contribution in [1.82, 2.24) is 14.4 Å². The number of pyridine rings is 2. The van der Waals surface area contributed by atoms with Crippen LogP contribution in [0.1, 0.15) is 16.7 Å². The summed E-state index contributed by atoms with van der Waals surface area (Å²) < 4.78 is 15.2. The molecule has 2 aromatic carbocycles. The summed E-state index contributed by atoms with van der Waals surface area (Å²) in [4.78, 5) is 20.7. The molecule has 0 unspecified atom stereocenters. The molecule has 5 aromatic rings. The third-order valence-corrected chi connectivity index (χ3v) is 5.39. The van der Waals surface area contributed by atoms with E-state index in [4.69, 9.17) is 4.98 Å². The van der Waals surface area contributed by atoms with Crippen LogP contribution in [0, 0.1) is 19.7 Å². The molecule has 0 radical (unpaired) electrons. The number of rotatable bonds is 4. The van der Waals surface area contributed by atoms with Gasteiger partial charge in [-0.15, -0.1) is 0 Å². The zero-order valence-corrected chi connectivity index (χ0v) is 17.2. The number of anilines is 1. The summed E-state index contributed by atoms with van der Waals surface area (Å²) in [6.45, 7) is 4.50. The highest BCUT2D eigenvalue weighted by molar-refractivity contribution is 5.86. The summed E-state index contributed by atoms with van der Waals surface area (Å²) in [5, 5.41) is 4.36. The van der Waals surface area contributed by atoms with Crippen molar-refractivity contribution in [2.45, 2.75) is 20.4 Å². The Balaban J connectivity index is 1.67. The van der Waals surface area contributed by atoms with Crippen molar-refractivity contribution in [3.63, 3.8) is 0 Å². The van der Waals surface area contributed by atoms with Gasteiger partial charge < -0.3 is 10.3 Å². The molecule has 2 N–H and O–H groups in total. The molecule has 0 saturated carbocycles. The maximum absolute atomic E-state index is 13.3. The fourth-order valence-corrected chi connectivity index (χ4v) is 3.80. The number of H-pyrrole nitrogens is 1. The Hall–Kier alpha value is -3.93. The number of nitrogens with zero attached hydrogens (tertiary/aromatic N) is 2. The number of hydrogen-bond donors (Lipinski definition) is 2. The molecule has 5 nitrogen and oxygen atoms in total. The molecule has 6 heteroatoms. The normalized spacial score (nSPS) is 11.3. The van der Waals surface area contributed by atoms with Gasteiger partial charge in [0.05, 0.1) is 5.56 Å². The van der Waals surface area contributed by atoms with Gasteiger partial charge in [-0.3, -0.25) is 9.20 Å². The summed E-state index contributed by atoms with van der Waals surface area (Å²) in [7, 11) is 0. The molecule has 0 amide bonds. The summed E-state index contributed by atoms with van der Waals surface area (Å²) in [5.74, 6) is 0.452. The topological polar surface area (TPSA) is 62.2 Å². The van der Waals surface area contributed by atoms with Crippen LogP contribution in [0.2, 0.25) is 0 Å². The van der Waals surface area contributed by atoms with Crippen molar-refractivity contribution in [1.29, 1.82) is 0 Å². The zero-order valence-electron chi connectivity index (χ0n) is 17.2. The Morgan fingerprint density at radius 2 is 1.77 bits per heavy atom. The van der Waals surface area contributed by atoms with E-state index in [2.05, 4.69) is 10.3 Å². The molecule has 3 heterocycles. The van der Waals surface area contributed by atoms with Gasteiger partial charge in [0.15, 0.2) is 0 Å². The first-order valence-corrected chi connectivity index (χ1v) is 10.1. The van der Waals surface area contributed by atoms with Crippen molar-refractivity contribution in [3.8, 4) is 11.3 Å². The zero-order chi connectivity index (χ0) is 21.5. The van der Waals surface area contributed by atoms with E-state index in [-0.39, 0.29) is 11.4 Å². The molecule has 0 aliphatic carbocycles. The average Bonchev–Trinajstić information content (AvgIpc) is 3.10. The van der Waals surface area contributed by atoms with Gasteiger partial charge in [0.1, 0.15) is 23.0 Å². The SMILES string of the molecule is Cc1ccc2[nH]c(=O)c(-c3nc4ccc(C)cn4c3NCc3ccc(F)cc3)cc2c1. The van der Waals surface area contributed by atoms with Crippen LogP contribution in [-0.2, 0) is 6.54 Å². The van der Waals surface area contributed by atoms with Crippen LogP contribution < -0.4 is 10.9 Å². The first-order valence-electron chi connectivity index (χ1n) is 10.1. The van der Waals surface area contributed by atoms with Crippen molar-refractivity contribution in [2.24, 2.45) is 0 Å². The van der Waals surface area contributed by atoms with Crippen molar-refractivity contribution >= 4 is 22.4 Å². The number of benzene rings is 2. The smallest absolute Gasteiger partial charge is 0.258 e. The second-order valence-electron chi connectivity index (χ2n) is 7.83. The summed E-state index contributed by atoms with van der Waals surface area (Å²) >= 11 is 0. The van der Waals surface area contributed by atoms with Gasteiger partial charge >= 0.3 is 0 Å². The second-order valence-corrected chi connectivity index (χ2v) is 7.83. The Labute approximate surface area is 178 Å². The predicted octanol–water partition coefficient (Wildman–Crippen LogP) is 5.21. The minimum absolute atomic E-state index is 0.193. The van der Waals surface area contributed by atoms with E-state index >= 15 is 0 Å². The second kappa shape index (κ2) is 7.40. The molecule has 0 saturated heterocycles. The van der Waals surface area contributed by atoms with Gasteiger partial charge in [-0.25, -0.2) is 9.37 Å². The van der Waals surface area contributed by atoms with Crippen LogP contribution in [0.4, 0.5) is 10.2 Å². The lowest BCUT2D eigenvalue weighted by molar-refractivity contribution is 0.627. The molecule has 0 atom stereocenters. The lowest BCUT2D eigenvalue weighted by Gasteiger charge is -2.10. The molecule has 5 rings (SSSR count). The molecular formula is C25H21FN4O. The number of nitrogens with one attached hydrogen (secondary N) is 2. The maximum Gasteiger partial charge on any atom is 0.258 e.